The van der Waals surface area contributed by atoms with Gasteiger partial charge in [-0.15, -0.1) is 0 Å². The summed E-state index contributed by atoms with van der Waals surface area (Å²) < 4.78 is 0. The van der Waals surface area contributed by atoms with Crippen LogP contribution in [0.1, 0.15) is 74.1 Å². The molecule has 10 N–H and O–H groups in total. The zero-order valence-corrected chi connectivity index (χ0v) is 30.2. The van der Waals surface area contributed by atoms with Crippen LogP contribution in [0.4, 0.5) is 0 Å². The van der Waals surface area contributed by atoms with Crippen LogP contribution in [0.25, 0.3) is 0 Å². The summed E-state index contributed by atoms with van der Waals surface area (Å²) in [6, 6.07) is -8.57. The predicted octanol–water partition coefficient (Wildman–Crippen LogP) is -2.38. The molecule has 0 saturated carbocycles. The first-order valence-corrected chi connectivity index (χ1v) is 17.2. The molecule has 280 valence electrons. The van der Waals surface area contributed by atoms with Crippen LogP contribution in [0.15, 0.2) is 0 Å². The lowest BCUT2D eigenvalue weighted by molar-refractivity contribution is -0.147. The molecule has 11 atom stereocenters. The van der Waals surface area contributed by atoms with Crippen molar-refractivity contribution in [2.24, 2.45) is 17.6 Å². The highest BCUT2D eigenvalue weighted by Crippen LogP contribution is 2.20. The molecule has 18 heteroatoms. The fourth-order valence-corrected chi connectivity index (χ4v) is 5.34. The summed E-state index contributed by atoms with van der Waals surface area (Å²) in [6.45, 7) is 11.2. The average molecular weight is 718 g/mol. The molecule has 0 aromatic rings. The van der Waals surface area contributed by atoms with E-state index in [1.807, 2.05) is 20.8 Å². The van der Waals surface area contributed by atoms with E-state index in [4.69, 9.17) is 5.73 Å². The zero-order chi connectivity index (χ0) is 37.7. The van der Waals surface area contributed by atoms with Gasteiger partial charge in [-0.25, -0.2) is 4.79 Å². The van der Waals surface area contributed by atoms with Crippen molar-refractivity contribution < 1.29 is 48.9 Å². The monoisotopic (exact) mass is 717 g/mol. The lowest BCUT2D eigenvalue weighted by Crippen LogP contribution is -2.61. The van der Waals surface area contributed by atoms with Gasteiger partial charge in [-0.3, -0.25) is 28.8 Å². The van der Waals surface area contributed by atoms with Crippen LogP contribution in [0.5, 0.6) is 0 Å². The third-order valence-electron chi connectivity index (χ3n) is 8.85. The Bertz CT molecular complexity index is 1190. The number of thiol groups is 1. The number of carboxylic acid groups (broad SMARTS) is 1. The average Bonchev–Trinajstić information content (AvgIpc) is 3.55. The second-order valence-electron chi connectivity index (χ2n) is 12.7. The number of carbonyl (C=O) groups excluding carboxylic acids is 6. The lowest BCUT2D eigenvalue weighted by Gasteiger charge is -2.31. The van der Waals surface area contributed by atoms with E-state index in [-0.39, 0.29) is 30.6 Å². The SMILES string of the molecule is CC[C@H](C)[C@H](N)C(=O)N[C@H](C(=O)N[C@@H](CS)C(=O)N[C@@H](C)C(=O)N[C@H](C(=O)N1CCC[C@H]1C(=O)N[C@H](C(=O)O)[C@@H](C)O)[C@@H](C)O)[C@@H](C)CC. The lowest BCUT2D eigenvalue weighted by atomic mass is 9.95. The Kier molecular flexibility index (Phi) is 18.0. The van der Waals surface area contributed by atoms with Gasteiger partial charge < -0.3 is 52.5 Å². The topological polar surface area (TPSA) is 270 Å². The molecule has 0 spiro atoms. The van der Waals surface area contributed by atoms with Crippen molar-refractivity contribution in [2.75, 3.05) is 12.3 Å². The number of aliphatic hydroxyl groups is 2. The van der Waals surface area contributed by atoms with Crippen LogP contribution in [-0.4, -0.2) is 128 Å². The number of carboxylic acids is 1. The predicted molar refractivity (Wildman–Crippen MR) is 182 cm³/mol. The van der Waals surface area contributed by atoms with Gasteiger partial charge in [0.05, 0.1) is 18.2 Å². The van der Waals surface area contributed by atoms with Gasteiger partial charge in [0.2, 0.25) is 35.4 Å². The van der Waals surface area contributed by atoms with Crippen LogP contribution in [-0.2, 0) is 33.6 Å². The first-order valence-electron chi connectivity index (χ1n) is 16.6. The number of hydrogen-bond donors (Lipinski definition) is 10. The van der Waals surface area contributed by atoms with Crippen LogP contribution in [0, 0.1) is 11.8 Å². The molecule has 1 aliphatic rings. The molecule has 1 saturated heterocycles. The Morgan fingerprint density at radius 1 is 0.755 bits per heavy atom. The van der Waals surface area contributed by atoms with E-state index in [0.717, 1.165) is 4.90 Å². The Morgan fingerprint density at radius 3 is 1.80 bits per heavy atom. The molecule has 0 unspecified atom stereocenters. The van der Waals surface area contributed by atoms with Crippen LogP contribution in [0.3, 0.4) is 0 Å². The smallest absolute Gasteiger partial charge is 0.328 e. The number of nitrogens with one attached hydrogen (secondary N) is 5. The van der Waals surface area contributed by atoms with Crippen molar-refractivity contribution in [3.63, 3.8) is 0 Å². The third kappa shape index (κ3) is 12.4. The van der Waals surface area contributed by atoms with Gasteiger partial charge in [0.25, 0.3) is 0 Å². The van der Waals surface area contributed by atoms with Gasteiger partial charge in [0.15, 0.2) is 6.04 Å². The van der Waals surface area contributed by atoms with Crippen molar-refractivity contribution in [3.8, 4) is 0 Å². The van der Waals surface area contributed by atoms with E-state index >= 15 is 0 Å². The number of amides is 6. The number of nitrogens with two attached hydrogens (primary N) is 1. The van der Waals surface area contributed by atoms with Gasteiger partial charge in [0, 0.05) is 12.3 Å². The fourth-order valence-electron chi connectivity index (χ4n) is 5.09. The summed E-state index contributed by atoms with van der Waals surface area (Å²) in [6.07, 6.45) is -1.10. The molecule has 0 aliphatic carbocycles. The van der Waals surface area contributed by atoms with Crippen molar-refractivity contribution in [1.82, 2.24) is 31.5 Å². The highest BCUT2D eigenvalue weighted by Gasteiger charge is 2.41. The fraction of sp³-hybridized carbons (Fsp3) is 0.774. The van der Waals surface area contributed by atoms with E-state index in [1.165, 1.54) is 20.8 Å². The van der Waals surface area contributed by atoms with Crippen molar-refractivity contribution in [1.29, 1.82) is 0 Å². The number of aliphatic carboxylic acids is 1. The molecule has 0 bridgehead atoms. The Hall–Kier alpha value is -3.48. The molecule has 17 nitrogen and oxygen atoms in total. The second kappa shape index (κ2) is 20.3. The maximum absolute atomic E-state index is 13.5. The van der Waals surface area contributed by atoms with Gasteiger partial charge in [0.1, 0.15) is 30.2 Å². The molecular weight excluding hydrogens is 662 g/mol. The van der Waals surface area contributed by atoms with Crippen LogP contribution >= 0.6 is 12.6 Å². The number of aliphatic hydroxyl groups excluding tert-OH is 2. The van der Waals surface area contributed by atoms with E-state index in [2.05, 4.69) is 39.2 Å². The number of rotatable bonds is 19. The molecule has 0 aromatic heterocycles. The molecule has 6 amide bonds. The molecular formula is C31H55N7O10S. The first kappa shape index (κ1) is 43.5. The zero-order valence-electron chi connectivity index (χ0n) is 29.3. The van der Waals surface area contributed by atoms with E-state index in [1.54, 1.807) is 6.92 Å². The van der Waals surface area contributed by atoms with Gasteiger partial charge >= 0.3 is 5.97 Å². The normalized spacial score (nSPS) is 20.6. The maximum atomic E-state index is 13.5. The highest BCUT2D eigenvalue weighted by molar-refractivity contribution is 7.80. The number of nitrogens with zero attached hydrogens (tertiary/aromatic N) is 1. The molecule has 1 fully saturated rings. The van der Waals surface area contributed by atoms with Gasteiger partial charge in [-0.1, -0.05) is 40.5 Å². The minimum atomic E-state index is -1.61. The Balaban J connectivity index is 2.98. The molecule has 0 radical (unpaired) electrons. The van der Waals surface area contributed by atoms with E-state index < -0.39 is 95.9 Å². The molecule has 1 rings (SSSR count). The van der Waals surface area contributed by atoms with Crippen molar-refractivity contribution in [3.05, 3.63) is 0 Å². The summed E-state index contributed by atoms with van der Waals surface area (Å²) in [4.78, 5) is 91.1. The van der Waals surface area contributed by atoms with Gasteiger partial charge in [-0.05, 0) is 45.4 Å². The van der Waals surface area contributed by atoms with Gasteiger partial charge in [-0.2, -0.15) is 12.6 Å². The first-order chi connectivity index (χ1) is 22.8. The number of hydrogen-bond acceptors (Lipinski definition) is 11. The number of carbonyl (C=O) groups is 7. The standard InChI is InChI=1S/C31H55N7O10S/c1-8-14(3)21(32)28(44)35-22(15(4)9-2)29(45)34-19(13-49)26(42)33-16(5)25(41)36-23(17(6)39)30(46)38-12-10-11-20(38)27(43)37-24(18(7)40)31(47)48/h14-24,39-40,49H,8-13,32H2,1-7H3,(H,33,42)(H,34,45)(H,35,44)(H,36,41)(H,37,43)(H,47,48)/t14-,15-,16-,17+,18+,19-,20-,21-,22-,23-,24-/m0/s1. The Morgan fingerprint density at radius 2 is 1.31 bits per heavy atom. The van der Waals surface area contributed by atoms with E-state index in [9.17, 15) is 48.9 Å². The molecule has 0 aromatic carbocycles. The minimum absolute atomic E-state index is 0.0830. The highest BCUT2D eigenvalue weighted by atomic mass is 32.1. The maximum Gasteiger partial charge on any atom is 0.328 e. The largest absolute Gasteiger partial charge is 0.480 e. The molecule has 1 aliphatic heterocycles. The van der Waals surface area contributed by atoms with Crippen LogP contribution in [0.2, 0.25) is 0 Å². The summed E-state index contributed by atoms with van der Waals surface area (Å²) in [5.41, 5.74) is 6.04. The summed E-state index contributed by atoms with van der Waals surface area (Å²) in [7, 11) is 0. The molecule has 1 heterocycles. The third-order valence-corrected chi connectivity index (χ3v) is 9.22. The Labute approximate surface area is 292 Å². The van der Waals surface area contributed by atoms with E-state index in [0.29, 0.717) is 19.3 Å². The molecule has 49 heavy (non-hydrogen) atoms. The number of likely N-dealkylation sites (tertiary alicyclic amines) is 1. The quantitative estimate of drug-likeness (QED) is 0.0630. The second-order valence-corrected chi connectivity index (χ2v) is 13.1. The van der Waals surface area contributed by atoms with Crippen molar-refractivity contribution >= 4 is 54.0 Å². The van der Waals surface area contributed by atoms with Crippen LogP contribution < -0.4 is 32.3 Å². The van der Waals surface area contributed by atoms with Crippen molar-refractivity contribution in [2.45, 2.75) is 129 Å². The minimum Gasteiger partial charge on any atom is -0.480 e. The summed E-state index contributed by atoms with van der Waals surface area (Å²) in [5, 5.41) is 41.7. The summed E-state index contributed by atoms with van der Waals surface area (Å²) >= 11 is 4.17. The summed E-state index contributed by atoms with van der Waals surface area (Å²) in [5.74, 6) is -6.47.